The van der Waals surface area contributed by atoms with Crippen molar-refractivity contribution in [3.63, 3.8) is 0 Å². The maximum absolute atomic E-state index is 5.63. The summed E-state index contributed by atoms with van der Waals surface area (Å²) in [4.78, 5) is 1.30. The standard InChI is InChI=1S/C12H16BrN3S/c1-8-10(3-5-14)9(2)16(15-8)7-12-11(13)4-6-17-12/h4,6H,3,5,7,14H2,1-2H3. The van der Waals surface area contributed by atoms with Gasteiger partial charge in [0.1, 0.15) is 0 Å². The summed E-state index contributed by atoms with van der Waals surface area (Å²) in [6.07, 6.45) is 0.906. The average Bonchev–Trinajstić information content (AvgIpc) is 2.79. The molecule has 0 radical (unpaired) electrons. The minimum Gasteiger partial charge on any atom is -0.330 e. The smallest absolute Gasteiger partial charge is 0.0766 e. The van der Waals surface area contributed by atoms with Crippen LogP contribution in [0.2, 0.25) is 0 Å². The Kier molecular flexibility index (Phi) is 4.01. The van der Waals surface area contributed by atoms with Crippen molar-refractivity contribution >= 4 is 27.3 Å². The predicted octanol–water partition coefficient (Wildman–Crippen LogP) is 2.87. The number of nitrogens with zero attached hydrogens (tertiary/aromatic N) is 2. The molecule has 3 nitrogen and oxygen atoms in total. The summed E-state index contributed by atoms with van der Waals surface area (Å²) in [5.74, 6) is 0. The summed E-state index contributed by atoms with van der Waals surface area (Å²) >= 11 is 5.30. The van der Waals surface area contributed by atoms with Crippen molar-refractivity contribution in [1.29, 1.82) is 0 Å². The molecular weight excluding hydrogens is 298 g/mol. The zero-order valence-electron chi connectivity index (χ0n) is 10.0. The number of hydrogen-bond acceptors (Lipinski definition) is 3. The highest BCUT2D eigenvalue weighted by Crippen LogP contribution is 2.24. The van der Waals surface area contributed by atoms with Crippen LogP contribution in [0.3, 0.4) is 0 Å². The molecule has 0 aliphatic rings. The van der Waals surface area contributed by atoms with Crippen LogP contribution in [0, 0.1) is 13.8 Å². The van der Waals surface area contributed by atoms with Crippen molar-refractivity contribution in [3.05, 3.63) is 37.7 Å². The van der Waals surface area contributed by atoms with Crippen LogP contribution in [-0.2, 0) is 13.0 Å². The largest absolute Gasteiger partial charge is 0.330 e. The number of hydrogen-bond donors (Lipinski definition) is 1. The number of thiophene rings is 1. The van der Waals surface area contributed by atoms with E-state index in [9.17, 15) is 0 Å². The van der Waals surface area contributed by atoms with Crippen molar-refractivity contribution in [2.75, 3.05) is 6.54 Å². The lowest BCUT2D eigenvalue weighted by Crippen LogP contribution is -2.06. The van der Waals surface area contributed by atoms with Crippen LogP contribution in [0.15, 0.2) is 15.9 Å². The van der Waals surface area contributed by atoms with E-state index in [1.807, 2.05) is 0 Å². The molecule has 0 unspecified atom stereocenters. The van der Waals surface area contributed by atoms with Gasteiger partial charge in [-0.2, -0.15) is 5.10 Å². The lowest BCUT2D eigenvalue weighted by Gasteiger charge is -2.04. The van der Waals surface area contributed by atoms with Crippen LogP contribution < -0.4 is 5.73 Å². The van der Waals surface area contributed by atoms with E-state index in [0.717, 1.165) is 23.1 Å². The van der Waals surface area contributed by atoms with Gasteiger partial charge in [0, 0.05) is 15.0 Å². The quantitative estimate of drug-likeness (QED) is 0.943. The fourth-order valence-corrected chi connectivity index (χ4v) is 3.43. The number of aromatic nitrogens is 2. The van der Waals surface area contributed by atoms with E-state index < -0.39 is 0 Å². The van der Waals surface area contributed by atoms with Crippen LogP contribution >= 0.6 is 27.3 Å². The first-order chi connectivity index (χ1) is 8.13. The second-order valence-electron chi connectivity index (χ2n) is 4.04. The third-order valence-corrected chi connectivity index (χ3v) is 4.82. The summed E-state index contributed by atoms with van der Waals surface area (Å²) in [6.45, 7) is 5.68. The minimum atomic E-state index is 0.677. The van der Waals surface area contributed by atoms with E-state index in [2.05, 4.69) is 51.0 Å². The predicted molar refractivity (Wildman–Crippen MR) is 75.6 cm³/mol. The Bertz CT molecular complexity index is 516. The van der Waals surface area contributed by atoms with Crippen molar-refractivity contribution in [2.24, 2.45) is 5.73 Å². The Labute approximate surface area is 114 Å². The third kappa shape index (κ3) is 2.61. The van der Waals surface area contributed by atoms with Crippen molar-refractivity contribution in [1.82, 2.24) is 9.78 Å². The molecule has 2 aromatic rings. The number of halogens is 1. The maximum atomic E-state index is 5.63. The molecule has 0 spiro atoms. The topological polar surface area (TPSA) is 43.8 Å². The van der Waals surface area contributed by atoms with E-state index in [0.29, 0.717) is 6.54 Å². The first kappa shape index (κ1) is 12.8. The van der Waals surface area contributed by atoms with Gasteiger partial charge < -0.3 is 5.73 Å². The molecule has 0 aromatic carbocycles. The number of nitrogens with two attached hydrogens (primary N) is 1. The first-order valence-electron chi connectivity index (χ1n) is 5.58. The molecule has 2 N–H and O–H groups in total. The Morgan fingerprint density at radius 1 is 1.47 bits per heavy atom. The highest BCUT2D eigenvalue weighted by atomic mass is 79.9. The van der Waals surface area contributed by atoms with E-state index >= 15 is 0 Å². The molecule has 92 valence electrons. The van der Waals surface area contributed by atoms with E-state index in [1.165, 1.54) is 16.1 Å². The van der Waals surface area contributed by atoms with Crippen LogP contribution in [0.25, 0.3) is 0 Å². The van der Waals surface area contributed by atoms with Crippen molar-refractivity contribution in [3.8, 4) is 0 Å². The molecule has 0 bridgehead atoms. The van der Waals surface area contributed by atoms with E-state index in [4.69, 9.17) is 5.73 Å². The molecule has 17 heavy (non-hydrogen) atoms. The van der Waals surface area contributed by atoms with Gasteiger partial charge in [0.15, 0.2) is 0 Å². The van der Waals surface area contributed by atoms with Gasteiger partial charge in [0.2, 0.25) is 0 Å². The van der Waals surface area contributed by atoms with Crippen molar-refractivity contribution in [2.45, 2.75) is 26.8 Å². The van der Waals surface area contributed by atoms with Gasteiger partial charge in [0.25, 0.3) is 0 Å². The molecule has 2 aromatic heterocycles. The van der Waals surface area contributed by atoms with Gasteiger partial charge in [-0.25, -0.2) is 0 Å². The van der Waals surface area contributed by atoms with Gasteiger partial charge in [-0.15, -0.1) is 11.3 Å². The van der Waals surface area contributed by atoms with Crippen LogP contribution in [0.4, 0.5) is 0 Å². The second kappa shape index (κ2) is 5.33. The molecule has 0 amide bonds. The zero-order valence-corrected chi connectivity index (χ0v) is 12.4. The maximum Gasteiger partial charge on any atom is 0.0766 e. The normalized spacial score (nSPS) is 11.1. The Hall–Kier alpha value is -0.650. The molecule has 0 aliphatic heterocycles. The second-order valence-corrected chi connectivity index (χ2v) is 5.89. The summed E-state index contributed by atoms with van der Waals surface area (Å²) in [5, 5.41) is 6.68. The van der Waals surface area contributed by atoms with Gasteiger partial charge >= 0.3 is 0 Å². The third-order valence-electron chi connectivity index (χ3n) is 2.91. The van der Waals surface area contributed by atoms with Gasteiger partial charge in [-0.1, -0.05) is 0 Å². The van der Waals surface area contributed by atoms with E-state index in [1.54, 1.807) is 11.3 Å². The summed E-state index contributed by atoms with van der Waals surface area (Å²) in [6, 6.07) is 2.08. The average molecular weight is 314 g/mol. The summed E-state index contributed by atoms with van der Waals surface area (Å²) in [7, 11) is 0. The Balaban J connectivity index is 2.28. The first-order valence-corrected chi connectivity index (χ1v) is 7.25. The van der Waals surface area contributed by atoms with Crippen molar-refractivity contribution < 1.29 is 0 Å². The van der Waals surface area contributed by atoms with E-state index in [-0.39, 0.29) is 0 Å². The number of rotatable bonds is 4. The molecule has 2 heterocycles. The van der Waals surface area contributed by atoms with Gasteiger partial charge in [-0.3, -0.25) is 4.68 Å². The fourth-order valence-electron chi connectivity index (χ4n) is 1.97. The van der Waals surface area contributed by atoms with Gasteiger partial charge in [0.05, 0.1) is 12.2 Å². The van der Waals surface area contributed by atoms with Crippen LogP contribution in [0.5, 0.6) is 0 Å². The molecule has 0 fully saturated rings. The van der Waals surface area contributed by atoms with Crippen LogP contribution in [-0.4, -0.2) is 16.3 Å². The molecule has 0 aliphatic carbocycles. The molecule has 5 heteroatoms. The number of aryl methyl sites for hydroxylation is 1. The molecule has 2 rings (SSSR count). The Morgan fingerprint density at radius 3 is 2.82 bits per heavy atom. The Morgan fingerprint density at radius 2 is 2.24 bits per heavy atom. The lowest BCUT2D eigenvalue weighted by atomic mass is 10.1. The fraction of sp³-hybridized carbons (Fsp3) is 0.417. The lowest BCUT2D eigenvalue weighted by molar-refractivity contribution is 0.663. The SMILES string of the molecule is Cc1nn(Cc2sccc2Br)c(C)c1CCN. The highest BCUT2D eigenvalue weighted by molar-refractivity contribution is 9.10. The monoisotopic (exact) mass is 313 g/mol. The van der Waals surface area contributed by atoms with Crippen LogP contribution in [0.1, 0.15) is 21.8 Å². The molecular formula is C12H16BrN3S. The molecule has 0 atom stereocenters. The summed E-state index contributed by atoms with van der Waals surface area (Å²) in [5.41, 5.74) is 9.24. The zero-order chi connectivity index (χ0) is 12.4. The molecule has 0 saturated carbocycles. The van der Waals surface area contributed by atoms with Gasteiger partial charge in [-0.05, 0) is 59.8 Å². The minimum absolute atomic E-state index is 0.677. The summed E-state index contributed by atoms with van der Waals surface area (Å²) < 4.78 is 3.23. The molecule has 0 saturated heterocycles. The highest BCUT2D eigenvalue weighted by Gasteiger charge is 2.12.